The Kier molecular flexibility index (Phi) is 9.45. The minimum atomic E-state index is -0.326. The third kappa shape index (κ3) is 7.15. The summed E-state index contributed by atoms with van der Waals surface area (Å²) in [5.74, 6) is -0.933. The van der Waals surface area contributed by atoms with E-state index < -0.39 is 0 Å². The lowest BCUT2D eigenvalue weighted by Crippen LogP contribution is -1.97. The van der Waals surface area contributed by atoms with Crippen LogP contribution in [0.1, 0.15) is 22.3 Å². The Hall–Kier alpha value is -3.70. The third-order valence-electron chi connectivity index (χ3n) is 6.75. The highest BCUT2D eigenvalue weighted by molar-refractivity contribution is 9.11. The SMILES string of the molecule is Oc1cc(O)c2c(c1)C/C(Cl)=C\Cc1cc(c(Br)cc1O)Oc1c(O)cc(cc1O)C/C(Cl)=C/Cc1cc(c(Br)cc1O)O2. The van der Waals surface area contributed by atoms with Gasteiger partial charge in [-0.25, -0.2) is 0 Å². The van der Waals surface area contributed by atoms with Gasteiger partial charge >= 0.3 is 0 Å². The molecule has 0 spiro atoms. The van der Waals surface area contributed by atoms with Crippen molar-refractivity contribution in [3.63, 3.8) is 0 Å². The number of aromatic hydroxyl groups is 6. The predicted octanol–water partition coefficient (Wildman–Crippen LogP) is 9.16. The van der Waals surface area contributed by atoms with Crippen molar-refractivity contribution >= 4 is 55.1 Å². The Morgan fingerprint density at radius 3 is 1.55 bits per heavy atom. The van der Waals surface area contributed by atoms with Crippen molar-refractivity contribution in [1.82, 2.24) is 0 Å². The van der Waals surface area contributed by atoms with Gasteiger partial charge in [0.25, 0.3) is 0 Å². The number of rotatable bonds is 0. The lowest BCUT2D eigenvalue weighted by molar-refractivity contribution is 0.373. The molecule has 0 unspecified atom stereocenters. The zero-order valence-electron chi connectivity index (χ0n) is 22.6. The highest BCUT2D eigenvalue weighted by atomic mass is 79.9. The van der Waals surface area contributed by atoms with Crippen LogP contribution in [0.2, 0.25) is 0 Å². The van der Waals surface area contributed by atoms with Crippen LogP contribution in [-0.2, 0) is 25.7 Å². The number of allylic oxidation sites excluding steroid dienone is 4. The molecule has 0 radical (unpaired) electrons. The quantitative estimate of drug-likeness (QED) is 0.104. The van der Waals surface area contributed by atoms with E-state index in [2.05, 4.69) is 31.9 Å². The second-order valence-electron chi connectivity index (χ2n) is 10.0. The molecule has 6 N–H and O–H groups in total. The van der Waals surface area contributed by atoms with E-state index >= 15 is 0 Å². The van der Waals surface area contributed by atoms with Gasteiger partial charge in [-0.3, -0.25) is 0 Å². The van der Waals surface area contributed by atoms with Gasteiger partial charge in [0, 0.05) is 45.7 Å². The summed E-state index contributed by atoms with van der Waals surface area (Å²) in [4.78, 5) is 0. The Morgan fingerprint density at radius 1 is 0.523 bits per heavy atom. The van der Waals surface area contributed by atoms with Gasteiger partial charge in [0.15, 0.2) is 23.0 Å². The molecule has 0 fully saturated rings. The van der Waals surface area contributed by atoms with Gasteiger partial charge in [0.05, 0.1) is 8.95 Å². The van der Waals surface area contributed by atoms with Gasteiger partial charge in [-0.15, -0.1) is 0 Å². The van der Waals surface area contributed by atoms with Crippen molar-refractivity contribution in [2.24, 2.45) is 0 Å². The van der Waals surface area contributed by atoms with E-state index in [1.807, 2.05) is 0 Å². The summed E-state index contributed by atoms with van der Waals surface area (Å²) in [6, 6.07) is 11.4. The summed E-state index contributed by atoms with van der Waals surface area (Å²) >= 11 is 19.8. The molecule has 2 heterocycles. The highest BCUT2D eigenvalue weighted by Crippen LogP contribution is 2.45. The van der Waals surface area contributed by atoms with Crippen LogP contribution in [0.5, 0.6) is 57.5 Å². The smallest absolute Gasteiger partial charge is 0.210 e. The lowest BCUT2D eigenvalue weighted by atomic mass is 10.1. The van der Waals surface area contributed by atoms with E-state index in [-0.39, 0.29) is 83.2 Å². The van der Waals surface area contributed by atoms with Gasteiger partial charge in [-0.2, -0.15) is 0 Å². The van der Waals surface area contributed by atoms with Crippen molar-refractivity contribution in [1.29, 1.82) is 0 Å². The zero-order valence-corrected chi connectivity index (χ0v) is 27.3. The Bertz CT molecular complexity index is 1820. The molecular weight excluding hydrogens is 743 g/mol. The summed E-state index contributed by atoms with van der Waals surface area (Å²) in [7, 11) is 0. The van der Waals surface area contributed by atoms with Gasteiger partial charge in [-0.1, -0.05) is 35.4 Å². The van der Waals surface area contributed by atoms with Crippen LogP contribution >= 0.6 is 55.1 Å². The van der Waals surface area contributed by atoms with Crippen LogP contribution in [-0.4, -0.2) is 30.6 Å². The fourth-order valence-electron chi connectivity index (χ4n) is 4.60. The van der Waals surface area contributed by atoms with Crippen LogP contribution in [0.4, 0.5) is 0 Å². The van der Waals surface area contributed by atoms with Crippen molar-refractivity contribution in [2.75, 3.05) is 0 Å². The number of halogens is 4. The maximum atomic E-state index is 10.7. The van der Waals surface area contributed by atoms with E-state index in [0.717, 1.165) is 6.07 Å². The highest BCUT2D eigenvalue weighted by Gasteiger charge is 2.19. The zero-order chi connectivity index (χ0) is 31.7. The van der Waals surface area contributed by atoms with Crippen LogP contribution in [0.15, 0.2) is 79.7 Å². The Labute approximate surface area is 278 Å². The average molecular weight is 767 g/mol. The number of phenolic OH excluding ortho intramolecular Hbond substituents is 6. The molecule has 6 bridgehead atoms. The van der Waals surface area contributed by atoms with Crippen LogP contribution in [0, 0.1) is 0 Å². The first-order valence-electron chi connectivity index (χ1n) is 13.0. The maximum absolute atomic E-state index is 10.7. The van der Waals surface area contributed by atoms with E-state index in [9.17, 15) is 30.6 Å². The Morgan fingerprint density at radius 2 is 1.00 bits per heavy atom. The second kappa shape index (κ2) is 13.1. The fourth-order valence-corrected chi connectivity index (χ4v) is 5.88. The fraction of sp³-hybridized carbons (Fsp3) is 0.125. The van der Waals surface area contributed by atoms with E-state index in [1.165, 1.54) is 36.4 Å². The molecule has 2 aliphatic heterocycles. The molecule has 0 saturated heterocycles. The van der Waals surface area contributed by atoms with Gasteiger partial charge in [-0.05, 0) is 92.7 Å². The van der Waals surface area contributed by atoms with Crippen molar-refractivity contribution in [2.45, 2.75) is 25.7 Å². The predicted molar refractivity (Wildman–Crippen MR) is 174 cm³/mol. The molecule has 44 heavy (non-hydrogen) atoms. The number of phenols is 6. The molecule has 12 heteroatoms. The standard InChI is InChI=1S/C32H24Br2Cl2O8/c33-22-13-24(38)16-1-3-19(35)5-15-6-26(40)32(27(41)7-15)44-30-11-17(25(39)14-23(30)34)2-4-20(36)8-18-9-21(37)12-28(42)31(18)43-29(22)10-16/h3-4,6-7,9-14,37-42H,1-2,5,8H2/b19-3-,20-4+. The summed E-state index contributed by atoms with van der Waals surface area (Å²) in [6.45, 7) is 0. The van der Waals surface area contributed by atoms with Gasteiger partial charge in [0.1, 0.15) is 28.7 Å². The summed E-state index contributed by atoms with van der Waals surface area (Å²) in [5, 5.41) is 64.2. The first-order valence-corrected chi connectivity index (χ1v) is 15.4. The molecule has 6 rings (SSSR count). The monoisotopic (exact) mass is 764 g/mol. The van der Waals surface area contributed by atoms with Crippen molar-refractivity contribution in [3.8, 4) is 57.5 Å². The third-order valence-corrected chi connectivity index (χ3v) is 8.57. The minimum Gasteiger partial charge on any atom is -0.508 e. The number of hydrogen-bond donors (Lipinski definition) is 6. The second-order valence-corrected chi connectivity index (χ2v) is 12.7. The number of hydrogen-bond acceptors (Lipinski definition) is 8. The number of fused-ring (bicyclic) bond motifs is 6. The summed E-state index contributed by atoms with van der Waals surface area (Å²) in [5.41, 5.74) is 1.75. The van der Waals surface area contributed by atoms with E-state index in [1.54, 1.807) is 18.2 Å². The number of benzene rings is 4. The molecule has 4 aromatic rings. The maximum Gasteiger partial charge on any atom is 0.210 e. The van der Waals surface area contributed by atoms with Crippen LogP contribution < -0.4 is 9.47 Å². The molecule has 0 saturated carbocycles. The molecule has 8 nitrogen and oxygen atoms in total. The minimum absolute atomic E-state index is 0.0325. The molecule has 0 amide bonds. The van der Waals surface area contributed by atoms with Gasteiger partial charge < -0.3 is 40.1 Å². The molecule has 4 aromatic carbocycles. The first-order chi connectivity index (χ1) is 20.9. The summed E-state index contributed by atoms with van der Waals surface area (Å²) in [6.07, 6.45) is 3.88. The average Bonchev–Trinajstić information content (AvgIpc) is 2.93. The van der Waals surface area contributed by atoms with E-state index in [0.29, 0.717) is 41.3 Å². The normalized spacial score (nSPS) is 16.2. The van der Waals surface area contributed by atoms with Crippen LogP contribution in [0.25, 0.3) is 0 Å². The molecule has 2 aliphatic rings. The topological polar surface area (TPSA) is 140 Å². The lowest BCUT2D eigenvalue weighted by Gasteiger charge is -2.16. The molecule has 0 aromatic heterocycles. The Balaban J connectivity index is 1.63. The largest absolute Gasteiger partial charge is 0.508 e. The van der Waals surface area contributed by atoms with Crippen LogP contribution in [0.3, 0.4) is 0 Å². The van der Waals surface area contributed by atoms with E-state index in [4.69, 9.17) is 32.7 Å². The van der Waals surface area contributed by atoms with Crippen molar-refractivity contribution < 1.29 is 40.1 Å². The molecular formula is C32H24Br2Cl2O8. The number of ether oxygens (including phenoxy) is 2. The summed E-state index contributed by atoms with van der Waals surface area (Å²) < 4.78 is 12.7. The molecule has 0 atom stereocenters. The van der Waals surface area contributed by atoms with Crippen molar-refractivity contribution in [3.05, 3.63) is 102 Å². The van der Waals surface area contributed by atoms with Gasteiger partial charge in [0.2, 0.25) is 5.75 Å². The first kappa shape index (κ1) is 31.7. The molecule has 228 valence electrons. The molecule has 0 aliphatic carbocycles.